The molecular formula is C7H8Cl2N2. The van der Waals surface area contributed by atoms with Crippen LogP contribution in [0.3, 0.4) is 0 Å². The van der Waals surface area contributed by atoms with E-state index in [9.17, 15) is 0 Å². The molecule has 0 aliphatic heterocycles. The molecule has 2 nitrogen and oxygen atoms in total. The van der Waals surface area contributed by atoms with Crippen LogP contribution < -0.4 is 5.73 Å². The summed E-state index contributed by atoms with van der Waals surface area (Å²) in [6.45, 7) is 3.61. The molecular weight excluding hydrogens is 183 g/mol. The van der Waals surface area contributed by atoms with E-state index in [4.69, 9.17) is 28.9 Å². The van der Waals surface area contributed by atoms with Gasteiger partial charge in [0.15, 0.2) is 0 Å². The van der Waals surface area contributed by atoms with Crippen molar-refractivity contribution >= 4 is 29.0 Å². The minimum Gasteiger partial charge on any atom is -0.382 e. The van der Waals surface area contributed by atoms with Crippen LogP contribution in [-0.2, 0) is 0 Å². The van der Waals surface area contributed by atoms with Crippen molar-refractivity contribution in [2.24, 2.45) is 0 Å². The monoisotopic (exact) mass is 190 g/mol. The lowest BCUT2D eigenvalue weighted by Crippen LogP contribution is -1.96. The Morgan fingerprint density at radius 1 is 1.18 bits per heavy atom. The molecule has 1 aromatic heterocycles. The average Bonchev–Trinajstić information content (AvgIpc) is 1.97. The number of halogens is 2. The summed E-state index contributed by atoms with van der Waals surface area (Å²) in [5.74, 6) is 0.339. The number of rotatable bonds is 0. The highest BCUT2D eigenvalue weighted by Crippen LogP contribution is 2.29. The second kappa shape index (κ2) is 2.88. The van der Waals surface area contributed by atoms with Crippen molar-refractivity contribution in [3.8, 4) is 0 Å². The first-order chi connectivity index (χ1) is 5.04. The highest BCUT2D eigenvalue weighted by Gasteiger charge is 2.08. The fraction of sp³-hybridized carbons (Fsp3) is 0.286. The summed E-state index contributed by atoms with van der Waals surface area (Å²) in [6.07, 6.45) is 0. The minimum absolute atomic E-state index is 0.339. The van der Waals surface area contributed by atoms with E-state index in [2.05, 4.69) is 4.98 Å². The van der Waals surface area contributed by atoms with Gasteiger partial charge in [-0.3, -0.25) is 0 Å². The normalized spacial score (nSPS) is 10.2. The summed E-state index contributed by atoms with van der Waals surface area (Å²) in [5.41, 5.74) is 6.99. The topological polar surface area (TPSA) is 38.9 Å². The molecule has 60 valence electrons. The fourth-order valence-corrected chi connectivity index (χ4v) is 1.16. The van der Waals surface area contributed by atoms with Gasteiger partial charge in [-0.25, -0.2) is 4.98 Å². The summed E-state index contributed by atoms with van der Waals surface area (Å²) in [6, 6.07) is 0. The van der Waals surface area contributed by atoms with Crippen molar-refractivity contribution < 1.29 is 0 Å². The molecule has 0 saturated carbocycles. The summed E-state index contributed by atoms with van der Waals surface area (Å²) in [7, 11) is 0. The van der Waals surface area contributed by atoms with Crippen molar-refractivity contribution in [1.29, 1.82) is 0 Å². The molecule has 0 saturated heterocycles. The van der Waals surface area contributed by atoms with E-state index in [1.54, 1.807) is 6.92 Å². The standard InChI is InChI=1S/C7H8Cl2N2/c1-3-5(8)4(2)11-7(10)6(3)9/h1-2H3,(H2,10,11). The number of hydrogen-bond acceptors (Lipinski definition) is 2. The maximum Gasteiger partial charge on any atom is 0.142 e. The van der Waals surface area contributed by atoms with E-state index >= 15 is 0 Å². The molecule has 0 fully saturated rings. The second-order valence-electron chi connectivity index (χ2n) is 2.34. The lowest BCUT2D eigenvalue weighted by atomic mass is 10.2. The van der Waals surface area contributed by atoms with Gasteiger partial charge in [0.1, 0.15) is 5.82 Å². The predicted molar refractivity (Wildman–Crippen MR) is 48.1 cm³/mol. The molecule has 11 heavy (non-hydrogen) atoms. The zero-order valence-electron chi connectivity index (χ0n) is 6.28. The van der Waals surface area contributed by atoms with E-state index in [-0.39, 0.29) is 0 Å². The number of hydrogen-bond donors (Lipinski definition) is 1. The van der Waals surface area contributed by atoms with Gasteiger partial charge in [-0.15, -0.1) is 0 Å². The summed E-state index contributed by atoms with van der Waals surface area (Å²) >= 11 is 11.6. The van der Waals surface area contributed by atoms with Crippen LogP contribution >= 0.6 is 23.2 Å². The van der Waals surface area contributed by atoms with Crippen molar-refractivity contribution in [2.45, 2.75) is 13.8 Å². The second-order valence-corrected chi connectivity index (χ2v) is 3.09. The highest BCUT2D eigenvalue weighted by molar-refractivity contribution is 6.37. The van der Waals surface area contributed by atoms with Crippen molar-refractivity contribution in [1.82, 2.24) is 4.98 Å². The van der Waals surface area contributed by atoms with Crippen molar-refractivity contribution in [3.63, 3.8) is 0 Å². The van der Waals surface area contributed by atoms with Crippen LogP contribution in [0.15, 0.2) is 0 Å². The Kier molecular flexibility index (Phi) is 2.25. The third-order valence-electron chi connectivity index (χ3n) is 1.49. The van der Waals surface area contributed by atoms with Gasteiger partial charge in [0, 0.05) is 0 Å². The number of nitrogens with two attached hydrogens (primary N) is 1. The summed E-state index contributed by atoms with van der Waals surface area (Å²) in [5, 5.41) is 1.03. The number of nitrogen functional groups attached to an aromatic ring is 1. The van der Waals surface area contributed by atoms with Gasteiger partial charge in [-0.2, -0.15) is 0 Å². The van der Waals surface area contributed by atoms with Gasteiger partial charge in [0.05, 0.1) is 15.7 Å². The first-order valence-electron chi connectivity index (χ1n) is 3.11. The van der Waals surface area contributed by atoms with Crippen LogP contribution in [0.2, 0.25) is 10.0 Å². The molecule has 1 heterocycles. The molecule has 0 unspecified atom stereocenters. The Morgan fingerprint density at radius 2 is 1.73 bits per heavy atom. The Labute approximate surface area is 75.3 Å². The van der Waals surface area contributed by atoms with Crippen molar-refractivity contribution in [3.05, 3.63) is 21.3 Å². The van der Waals surface area contributed by atoms with Gasteiger partial charge >= 0.3 is 0 Å². The van der Waals surface area contributed by atoms with Crippen LogP contribution in [0.25, 0.3) is 0 Å². The number of nitrogens with zero attached hydrogens (tertiary/aromatic N) is 1. The zero-order chi connectivity index (χ0) is 8.59. The van der Waals surface area contributed by atoms with Crippen molar-refractivity contribution in [2.75, 3.05) is 5.73 Å². The smallest absolute Gasteiger partial charge is 0.142 e. The average molecular weight is 191 g/mol. The summed E-state index contributed by atoms with van der Waals surface area (Å²) < 4.78 is 0. The Bertz CT molecular complexity index is 271. The zero-order valence-corrected chi connectivity index (χ0v) is 7.79. The molecule has 0 atom stereocenters. The maximum atomic E-state index is 5.85. The SMILES string of the molecule is Cc1nc(N)c(Cl)c(C)c1Cl. The Morgan fingerprint density at radius 3 is 2.27 bits per heavy atom. The van der Waals surface area contributed by atoms with Gasteiger partial charge in [-0.05, 0) is 19.4 Å². The van der Waals surface area contributed by atoms with Crippen LogP contribution in [0, 0.1) is 13.8 Å². The lowest BCUT2D eigenvalue weighted by Gasteiger charge is -2.05. The molecule has 0 amide bonds. The quantitative estimate of drug-likeness (QED) is 0.684. The Hall–Kier alpha value is -0.470. The lowest BCUT2D eigenvalue weighted by molar-refractivity contribution is 1.19. The molecule has 0 spiro atoms. The molecule has 0 aliphatic rings. The summed E-state index contributed by atoms with van der Waals surface area (Å²) in [4.78, 5) is 3.95. The molecule has 0 aliphatic carbocycles. The molecule has 1 aromatic rings. The molecule has 1 rings (SSSR count). The maximum absolute atomic E-state index is 5.85. The third kappa shape index (κ3) is 1.42. The van der Waals surface area contributed by atoms with Crippen LogP contribution in [0.4, 0.5) is 5.82 Å². The van der Waals surface area contributed by atoms with Gasteiger partial charge in [-0.1, -0.05) is 23.2 Å². The molecule has 0 radical (unpaired) electrons. The molecule has 4 heteroatoms. The number of pyridine rings is 1. The van der Waals surface area contributed by atoms with Gasteiger partial charge in [0.2, 0.25) is 0 Å². The van der Waals surface area contributed by atoms with E-state index < -0.39 is 0 Å². The van der Waals surface area contributed by atoms with E-state index in [1.165, 1.54) is 0 Å². The number of aromatic nitrogens is 1. The van der Waals surface area contributed by atoms with E-state index in [1.807, 2.05) is 6.92 Å². The largest absolute Gasteiger partial charge is 0.382 e. The molecule has 0 bridgehead atoms. The van der Waals surface area contributed by atoms with E-state index in [0.717, 1.165) is 5.56 Å². The Balaban J connectivity index is 3.46. The fourth-order valence-electron chi connectivity index (χ4n) is 0.839. The van der Waals surface area contributed by atoms with Crippen LogP contribution in [-0.4, -0.2) is 4.98 Å². The van der Waals surface area contributed by atoms with Crippen LogP contribution in [0.1, 0.15) is 11.3 Å². The molecule has 0 aromatic carbocycles. The van der Waals surface area contributed by atoms with Crippen LogP contribution in [0.5, 0.6) is 0 Å². The number of anilines is 1. The van der Waals surface area contributed by atoms with Gasteiger partial charge < -0.3 is 5.73 Å². The van der Waals surface area contributed by atoms with E-state index in [0.29, 0.717) is 21.6 Å². The minimum atomic E-state index is 0.339. The molecule has 2 N–H and O–H groups in total. The first-order valence-corrected chi connectivity index (χ1v) is 3.87. The third-order valence-corrected chi connectivity index (χ3v) is 2.52. The highest BCUT2D eigenvalue weighted by atomic mass is 35.5. The van der Waals surface area contributed by atoms with Gasteiger partial charge in [0.25, 0.3) is 0 Å². The number of aryl methyl sites for hydroxylation is 1. The predicted octanol–water partition coefficient (Wildman–Crippen LogP) is 2.59. The first kappa shape index (κ1) is 8.62.